The van der Waals surface area contributed by atoms with Crippen molar-refractivity contribution in [2.24, 2.45) is 0 Å². The van der Waals surface area contributed by atoms with Gasteiger partial charge in [-0.1, -0.05) is 6.42 Å². The molecule has 1 unspecified atom stereocenters. The molecule has 78 valence electrons. The van der Waals surface area contributed by atoms with Crippen molar-refractivity contribution >= 4 is 0 Å². The van der Waals surface area contributed by atoms with Crippen molar-refractivity contribution in [2.75, 3.05) is 26.8 Å². The Hall–Kier alpha value is -0.120. The third kappa shape index (κ3) is 3.25. The van der Waals surface area contributed by atoms with Crippen molar-refractivity contribution in [3.63, 3.8) is 0 Å². The highest BCUT2D eigenvalue weighted by atomic mass is 16.5. The SMILES string of the molecule is COC(C)CN(CCO)C1CCC1. The van der Waals surface area contributed by atoms with Gasteiger partial charge in [0, 0.05) is 26.2 Å². The standard InChI is InChI=1S/C10H21NO2/c1-9(13-2)8-11(6-7-12)10-4-3-5-10/h9-10,12H,3-8H2,1-2H3. The molecule has 1 N–H and O–H groups in total. The first-order valence-electron chi connectivity index (χ1n) is 5.15. The van der Waals surface area contributed by atoms with E-state index in [-0.39, 0.29) is 12.7 Å². The summed E-state index contributed by atoms with van der Waals surface area (Å²) in [5.74, 6) is 0. The lowest BCUT2D eigenvalue weighted by Gasteiger charge is -2.38. The summed E-state index contributed by atoms with van der Waals surface area (Å²) in [6.07, 6.45) is 4.19. The van der Waals surface area contributed by atoms with E-state index >= 15 is 0 Å². The first kappa shape index (κ1) is 11.0. The van der Waals surface area contributed by atoms with Crippen LogP contribution in [0.3, 0.4) is 0 Å². The zero-order valence-corrected chi connectivity index (χ0v) is 8.70. The summed E-state index contributed by atoms with van der Waals surface area (Å²) >= 11 is 0. The Kier molecular flexibility index (Phi) is 4.70. The normalized spacial score (nSPS) is 20.3. The molecule has 1 saturated carbocycles. The molecule has 1 rings (SSSR count). The van der Waals surface area contributed by atoms with Gasteiger partial charge in [0.25, 0.3) is 0 Å². The van der Waals surface area contributed by atoms with Gasteiger partial charge in [-0.05, 0) is 19.8 Å². The number of hydrogen-bond acceptors (Lipinski definition) is 3. The summed E-state index contributed by atoms with van der Waals surface area (Å²) in [6.45, 7) is 4.07. The van der Waals surface area contributed by atoms with Gasteiger partial charge in [0.2, 0.25) is 0 Å². The number of ether oxygens (including phenoxy) is 1. The Morgan fingerprint density at radius 2 is 2.23 bits per heavy atom. The van der Waals surface area contributed by atoms with E-state index in [1.165, 1.54) is 19.3 Å². The van der Waals surface area contributed by atoms with Gasteiger partial charge in [0.1, 0.15) is 0 Å². The molecule has 1 fully saturated rings. The molecule has 3 heteroatoms. The molecule has 0 heterocycles. The monoisotopic (exact) mass is 187 g/mol. The molecule has 0 bridgehead atoms. The summed E-state index contributed by atoms with van der Waals surface area (Å²) in [7, 11) is 1.74. The smallest absolute Gasteiger partial charge is 0.0670 e. The van der Waals surface area contributed by atoms with E-state index in [2.05, 4.69) is 11.8 Å². The van der Waals surface area contributed by atoms with E-state index in [0.717, 1.165) is 13.1 Å². The second-order valence-corrected chi connectivity index (χ2v) is 3.85. The number of rotatable bonds is 6. The summed E-state index contributed by atoms with van der Waals surface area (Å²) in [5.41, 5.74) is 0. The molecule has 1 atom stereocenters. The Labute approximate surface area is 80.7 Å². The number of hydrogen-bond donors (Lipinski definition) is 1. The molecule has 0 amide bonds. The molecule has 1 aliphatic rings. The number of nitrogens with zero attached hydrogens (tertiary/aromatic N) is 1. The maximum atomic E-state index is 8.91. The Balaban J connectivity index is 2.28. The second-order valence-electron chi connectivity index (χ2n) is 3.85. The Bertz CT molecular complexity index is 137. The average molecular weight is 187 g/mol. The van der Waals surface area contributed by atoms with Gasteiger partial charge >= 0.3 is 0 Å². The molecule has 0 saturated heterocycles. The van der Waals surface area contributed by atoms with Crippen LogP contribution in [0.25, 0.3) is 0 Å². The third-order valence-electron chi connectivity index (χ3n) is 2.87. The minimum Gasteiger partial charge on any atom is -0.395 e. The molecular formula is C10H21NO2. The number of methoxy groups -OCH3 is 1. The van der Waals surface area contributed by atoms with Gasteiger partial charge < -0.3 is 9.84 Å². The zero-order valence-electron chi connectivity index (χ0n) is 8.70. The fraction of sp³-hybridized carbons (Fsp3) is 1.00. The van der Waals surface area contributed by atoms with Crippen LogP contribution in [0, 0.1) is 0 Å². The van der Waals surface area contributed by atoms with Gasteiger partial charge in [0.05, 0.1) is 12.7 Å². The van der Waals surface area contributed by atoms with Gasteiger partial charge in [-0.3, -0.25) is 4.90 Å². The highest BCUT2D eigenvalue weighted by Gasteiger charge is 2.25. The minimum absolute atomic E-state index is 0.257. The maximum absolute atomic E-state index is 8.91. The van der Waals surface area contributed by atoms with E-state index in [0.29, 0.717) is 6.04 Å². The topological polar surface area (TPSA) is 32.7 Å². The summed E-state index contributed by atoms with van der Waals surface area (Å²) < 4.78 is 5.22. The van der Waals surface area contributed by atoms with Crippen LogP contribution in [0.1, 0.15) is 26.2 Å². The van der Waals surface area contributed by atoms with E-state index in [1.54, 1.807) is 7.11 Å². The fourth-order valence-electron chi connectivity index (χ4n) is 1.71. The second kappa shape index (κ2) is 5.58. The van der Waals surface area contributed by atoms with Crippen LogP contribution in [-0.4, -0.2) is 49.0 Å². The largest absolute Gasteiger partial charge is 0.395 e. The summed E-state index contributed by atoms with van der Waals surface area (Å²) in [5, 5.41) is 8.91. The molecule has 3 nitrogen and oxygen atoms in total. The van der Waals surface area contributed by atoms with E-state index in [9.17, 15) is 0 Å². The van der Waals surface area contributed by atoms with Crippen LogP contribution in [0.15, 0.2) is 0 Å². The Morgan fingerprint density at radius 3 is 2.62 bits per heavy atom. The van der Waals surface area contributed by atoms with Gasteiger partial charge in [-0.2, -0.15) is 0 Å². The van der Waals surface area contributed by atoms with Crippen LogP contribution >= 0.6 is 0 Å². The molecule has 13 heavy (non-hydrogen) atoms. The number of aliphatic hydroxyl groups excluding tert-OH is 1. The van der Waals surface area contributed by atoms with Crippen LogP contribution < -0.4 is 0 Å². The van der Waals surface area contributed by atoms with Crippen molar-refractivity contribution in [3.05, 3.63) is 0 Å². The summed E-state index contributed by atoms with van der Waals surface area (Å²) in [4.78, 5) is 2.34. The van der Waals surface area contributed by atoms with Crippen LogP contribution in [0.2, 0.25) is 0 Å². The minimum atomic E-state index is 0.257. The molecule has 0 aliphatic heterocycles. The lowest BCUT2D eigenvalue weighted by molar-refractivity contribution is 0.0313. The molecule has 0 aromatic heterocycles. The lowest BCUT2D eigenvalue weighted by atomic mass is 9.91. The highest BCUT2D eigenvalue weighted by molar-refractivity contribution is 4.80. The van der Waals surface area contributed by atoms with Crippen LogP contribution in [0.4, 0.5) is 0 Å². The summed E-state index contributed by atoms with van der Waals surface area (Å²) in [6, 6.07) is 0.699. The molecule has 0 radical (unpaired) electrons. The van der Waals surface area contributed by atoms with Gasteiger partial charge in [-0.25, -0.2) is 0 Å². The third-order valence-corrected chi connectivity index (χ3v) is 2.87. The highest BCUT2D eigenvalue weighted by Crippen LogP contribution is 2.24. The van der Waals surface area contributed by atoms with E-state index in [1.807, 2.05) is 0 Å². The van der Waals surface area contributed by atoms with Crippen molar-refractivity contribution in [1.82, 2.24) is 4.90 Å². The van der Waals surface area contributed by atoms with E-state index < -0.39 is 0 Å². The van der Waals surface area contributed by atoms with E-state index in [4.69, 9.17) is 9.84 Å². The molecule has 1 aliphatic carbocycles. The van der Waals surface area contributed by atoms with Crippen molar-refractivity contribution in [1.29, 1.82) is 0 Å². The zero-order chi connectivity index (χ0) is 9.68. The molecule has 0 aromatic rings. The molecular weight excluding hydrogens is 166 g/mol. The van der Waals surface area contributed by atoms with Gasteiger partial charge in [-0.15, -0.1) is 0 Å². The average Bonchev–Trinajstić information content (AvgIpc) is 2.01. The molecule has 0 aromatic carbocycles. The van der Waals surface area contributed by atoms with Crippen molar-refractivity contribution in [2.45, 2.75) is 38.3 Å². The van der Waals surface area contributed by atoms with Crippen LogP contribution in [0.5, 0.6) is 0 Å². The fourth-order valence-corrected chi connectivity index (χ4v) is 1.71. The lowest BCUT2D eigenvalue weighted by Crippen LogP contribution is -2.45. The quantitative estimate of drug-likeness (QED) is 0.669. The first-order valence-corrected chi connectivity index (χ1v) is 5.15. The number of aliphatic hydroxyl groups is 1. The first-order chi connectivity index (χ1) is 6.27. The predicted octanol–water partition coefficient (Wildman–Crippen LogP) is 0.868. The molecule has 0 spiro atoms. The maximum Gasteiger partial charge on any atom is 0.0670 e. The van der Waals surface area contributed by atoms with Gasteiger partial charge in [0.15, 0.2) is 0 Å². The van der Waals surface area contributed by atoms with Crippen molar-refractivity contribution in [3.8, 4) is 0 Å². The predicted molar refractivity (Wildman–Crippen MR) is 52.8 cm³/mol. The van der Waals surface area contributed by atoms with Crippen molar-refractivity contribution < 1.29 is 9.84 Å². The van der Waals surface area contributed by atoms with Crippen LogP contribution in [-0.2, 0) is 4.74 Å². The Morgan fingerprint density at radius 1 is 1.54 bits per heavy atom.